The number of aliphatic hydroxyl groups is 1. The van der Waals surface area contributed by atoms with Gasteiger partial charge in [0.05, 0.1) is 39.6 Å². The first-order valence-corrected chi connectivity index (χ1v) is 12.9. The fraction of sp³-hybridized carbons (Fsp3) is 0.448. The second-order valence-corrected chi connectivity index (χ2v) is 8.85. The summed E-state index contributed by atoms with van der Waals surface area (Å²) in [6.45, 7) is 9.08. The number of ether oxygens (including phenoxy) is 4. The summed E-state index contributed by atoms with van der Waals surface area (Å²) in [5, 5.41) is 11.5. The highest BCUT2D eigenvalue weighted by Gasteiger charge is 2.46. The van der Waals surface area contributed by atoms with Crippen molar-refractivity contribution in [2.24, 2.45) is 0 Å². The van der Waals surface area contributed by atoms with E-state index in [0.717, 1.165) is 19.5 Å². The predicted octanol–water partition coefficient (Wildman–Crippen LogP) is 4.26. The van der Waals surface area contributed by atoms with Crippen LogP contribution in [-0.4, -0.2) is 80.7 Å². The molecule has 2 aromatic carbocycles. The summed E-state index contributed by atoms with van der Waals surface area (Å²) in [5.41, 5.74) is 0.937. The number of aliphatic hydroxyl groups excluding tert-OH is 1. The number of carbonyl (C=O) groups excluding carboxylic acids is 2. The lowest BCUT2D eigenvalue weighted by Gasteiger charge is -2.29. The Balaban J connectivity index is 2.20. The van der Waals surface area contributed by atoms with Gasteiger partial charge < -0.3 is 33.9 Å². The first-order chi connectivity index (χ1) is 18.3. The maximum absolute atomic E-state index is 13.4. The van der Waals surface area contributed by atoms with Crippen molar-refractivity contribution in [2.75, 3.05) is 54.1 Å². The maximum Gasteiger partial charge on any atom is 0.295 e. The molecule has 1 amide bonds. The van der Waals surface area contributed by atoms with Crippen molar-refractivity contribution in [3.63, 3.8) is 0 Å². The number of rotatable bonds is 13. The van der Waals surface area contributed by atoms with Crippen LogP contribution in [0, 0.1) is 0 Å². The van der Waals surface area contributed by atoms with Gasteiger partial charge >= 0.3 is 0 Å². The lowest BCUT2D eigenvalue weighted by molar-refractivity contribution is -0.140. The number of methoxy groups -OCH3 is 3. The lowest BCUT2D eigenvalue weighted by Crippen LogP contribution is -2.38. The Kier molecular flexibility index (Phi) is 10.0. The van der Waals surface area contributed by atoms with Crippen molar-refractivity contribution in [3.05, 3.63) is 53.1 Å². The van der Waals surface area contributed by atoms with Crippen LogP contribution in [0.4, 0.5) is 0 Å². The van der Waals surface area contributed by atoms with E-state index in [1.54, 1.807) is 36.4 Å². The van der Waals surface area contributed by atoms with Crippen LogP contribution in [0.25, 0.3) is 5.76 Å². The third-order valence-electron chi connectivity index (χ3n) is 6.67. The number of nitrogens with zero attached hydrogens (tertiary/aromatic N) is 2. The van der Waals surface area contributed by atoms with Gasteiger partial charge in [0, 0.05) is 18.7 Å². The third-order valence-corrected chi connectivity index (χ3v) is 6.67. The number of ketones is 1. The normalized spacial score (nSPS) is 16.7. The second-order valence-electron chi connectivity index (χ2n) is 8.85. The molecule has 9 nitrogen and oxygen atoms in total. The zero-order valence-electron chi connectivity index (χ0n) is 23.1. The van der Waals surface area contributed by atoms with Gasteiger partial charge in [0.2, 0.25) is 5.75 Å². The van der Waals surface area contributed by atoms with E-state index in [1.165, 1.54) is 26.2 Å². The van der Waals surface area contributed by atoms with Gasteiger partial charge in [-0.25, -0.2) is 0 Å². The highest BCUT2D eigenvalue weighted by Crippen LogP contribution is 2.45. The van der Waals surface area contributed by atoms with Gasteiger partial charge in [0.1, 0.15) is 11.5 Å². The summed E-state index contributed by atoms with van der Waals surface area (Å²) in [7, 11) is 4.50. The summed E-state index contributed by atoms with van der Waals surface area (Å²) in [5.74, 6) is 0.0267. The fourth-order valence-electron chi connectivity index (χ4n) is 4.61. The highest BCUT2D eigenvalue weighted by atomic mass is 16.5. The molecule has 2 aromatic rings. The number of carbonyl (C=O) groups is 2. The molecule has 38 heavy (non-hydrogen) atoms. The zero-order chi connectivity index (χ0) is 27.8. The van der Waals surface area contributed by atoms with Crippen LogP contribution in [0.5, 0.6) is 23.0 Å². The van der Waals surface area contributed by atoms with Crippen molar-refractivity contribution < 1.29 is 33.6 Å². The Morgan fingerprint density at radius 2 is 1.63 bits per heavy atom. The number of Topliss-reactive ketones (excluding diaryl/α,β-unsaturated/α-hetero) is 1. The molecule has 0 aromatic heterocycles. The van der Waals surface area contributed by atoms with Crippen LogP contribution in [0.1, 0.15) is 44.4 Å². The molecule has 206 valence electrons. The Bertz CT molecular complexity index is 1150. The van der Waals surface area contributed by atoms with Gasteiger partial charge in [-0.3, -0.25) is 9.59 Å². The zero-order valence-corrected chi connectivity index (χ0v) is 23.1. The first-order valence-electron chi connectivity index (χ1n) is 12.9. The van der Waals surface area contributed by atoms with Crippen LogP contribution >= 0.6 is 0 Å². The van der Waals surface area contributed by atoms with Gasteiger partial charge in [-0.2, -0.15) is 0 Å². The van der Waals surface area contributed by atoms with Gasteiger partial charge in [0.15, 0.2) is 11.5 Å². The summed E-state index contributed by atoms with van der Waals surface area (Å²) >= 11 is 0. The number of amides is 1. The van der Waals surface area contributed by atoms with E-state index in [1.807, 2.05) is 20.8 Å². The van der Waals surface area contributed by atoms with Crippen LogP contribution in [-0.2, 0) is 9.59 Å². The minimum atomic E-state index is -0.862. The number of hydrogen-bond acceptors (Lipinski definition) is 8. The number of hydrogen-bond donors (Lipinski definition) is 1. The van der Waals surface area contributed by atoms with Crippen molar-refractivity contribution >= 4 is 17.4 Å². The molecular formula is C29H38N2O7. The largest absolute Gasteiger partial charge is 0.507 e. The Morgan fingerprint density at radius 3 is 2.18 bits per heavy atom. The van der Waals surface area contributed by atoms with Crippen molar-refractivity contribution in [3.8, 4) is 23.0 Å². The fourth-order valence-corrected chi connectivity index (χ4v) is 4.61. The van der Waals surface area contributed by atoms with Gasteiger partial charge in [-0.05, 0) is 49.3 Å². The molecule has 1 atom stereocenters. The molecule has 1 heterocycles. The van der Waals surface area contributed by atoms with E-state index >= 15 is 0 Å². The SMILES string of the molecule is CCCOc1cccc(/C(O)=C2\C(=O)C(=O)N(CCN(CC)CC)C2c2cc(OC)c(OC)c(OC)c2)c1. The van der Waals surface area contributed by atoms with E-state index < -0.39 is 17.7 Å². The molecule has 0 saturated carbocycles. The Morgan fingerprint density at radius 1 is 0.974 bits per heavy atom. The molecule has 0 aliphatic carbocycles. The minimum absolute atomic E-state index is 0.00328. The summed E-state index contributed by atoms with van der Waals surface area (Å²) in [6.07, 6.45) is 0.828. The van der Waals surface area contributed by atoms with Crippen molar-refractivity contribution in [2.45, 2.75) is 33.2 Å². The quantitative estimate of drug-likeness (QED) is 0.235. The summed E-state index contributed by atoms with van der Waals surface area (Å²) in [6, 6.07) is 9.42. The second kappa shape index (κ2) is 13.2. The molecule has 1 saturated heterocycles. The molecule has 1 aliphatic rings. The van der Waals surface area contributed by atoms with Crippen LogP contribution in [0.2, 0.25) is 0 Å². The number of likely N-dealkylation sites (N-methyl/N-ethyl adjacent to an activating group) is 1. The van der Waals surface area contributed by atoms with Gasteiger partial charge in [-0.15, -0.1) is 0 Å². The third kappa shape index (κ3) is 5.88. The van der Waals surface area contributed by atoms with E-state index in [9.17, 15) is 14.7 Å². The molecule has 0 radical (unpaired) electrons. The molecule has 1 unspecified atom stereocenters. The van der Waals surface area contributed by atoms with Crippen molar-refractivity contribution in [1.29, 1.82) is 0 Å². The van der Waals surface area contributed by atoms with E-state index in [2.05, 4.69) is 4.90 Å². The van der Waals surface area contributed by atoms with Crippen LogP contribution in [0.15, 0.2) is 42.0 Å². The highest BCUT2D eigenvalue weighted by molar-refractivity contribution is 6.46. The van der Waals surface area contributed by atoms with Crippen LogP contribution < -0.4 is 18.9 Å². The number of benzene rings is 2. The molecule has 0 bridgehead atoms. The molecule has 0 spiro atoms. The van der Waals surface area contributed by atoms with E-state index in [4.69, 9.17) is 18.9 Å². The predicted molar refractivity (Wildman–Crippen MR) is 145 cm³/mol. The molecular weight excluding hydrogens is 488 g/mol. The van der Waals surface area contributed by atoms with E-state index in [0.29, 0.717) is 53.8 Å². The molecule has 1 fully saturated rings. The van der Waals surface area contributed by atoms with Crippen molar-refractivity contribution in [1.82, 2.24) is 9.80 Å². The monoisotopic (exact) mass is 526 g/mol. The summed E-state index contributed by atoms with van der Waals surface area (Å²) in [4.78, 5) is 30.5. The molecule has 1 aliphatic heterocycles. The Labute approximate surface area is 224 Å². The smallest absolute Gasteiger partial charge is 0.295 e. The average molecular weight is 527 g/mol. The topological polar surface area (TPSA) is 97.8 Å². The minimum Gasteiger partial charge on any atom is -0.507 e. The molecule has 1 N–H and O–H groups in total. The lowest BCUT2D eigenvalue weighted by atomic mass is 9.94. The first kappa shape index (κ1) is 28.8. The Hall–Kier alpha value is -3.72. The number of likely N-dealkylation sites (tertiary alicyclic amines) is 1. The van der Waals surface area contributed by atoms with Crippen LogP contribution in [0.3, 0.4) is 0 Å². The standard InChI is InChI=1S/C29H38N2O7/c1-7-15-38-21-12-10-11-19(16-21)26(32)24-25(20-17-22(35-4)28(37-6)23(18-20)36-5)31(29(34)27(24)33)14-13-30(8-2)9-3/h10-12,16-18,25,32H,7-9,13-15H2,1-6H3/b26-24+. The average Bonchev–Trinajstić information content (AvgIpc) is 3.20. The molecule has 9 heteroatoms. The molecule has 3 rings (SSSR count). The van der Waals surface area contributed by atoms with E-state index in [-0.39, 0.29) is 11.3 Å². The van der Waals surface area contributed by atoms with Gasteiger partial charge in [-0.1, -0.05) is 32.9 Å². The maximum atomic E-state index is 13.4. The summed E-state index contributed by atoms with van der Waals surface area (Å²) < 4.78 is 22.3. The van der Waals surface area contributed by atoms with Gasteiger partial charge in [0.25, 0.3) is 11.7 Å².